The van der Waals surface area contributed by atoms with Gasteiger partial charge in [0, 0.05) is 12.8 Å². The van der Waals surface area contributed by atoms with Gasteiger partial charge in [-0.3, -0.25) is 9.59 Å². The Morgan fingerprint density at radius 3 is 1.62 bits per heavy atom. The van der Waals surface area contributed by atoms with Crippen LogP contribution in [0, 0.1) is 47.3 Å². The van der Waals surface area contributed by atoms with E-state index in [-0.39, 0.29) is 36.0 Å². The Labute approximate surface area is 156 Å². The second kappa shape index (κ2) is 6.69. The normalized spacial score (nSPS) is 41.9. The van der Waals surface area contributed by atoms with Gasteiger partial charge in [-0.1, -0.05) is 12.2 Å². The van der Waals surface area contributed by atoms with Crippen LogP contribution in [0.2, 0.25) is 0 Å². The van der Waals surface area contributed by atoms with E-state index in [2.05, 4.69) is 12.2 Å². The summed E-state index contributed by atoms with van der Waals surface area (Å²) in [5, 5.41) is 0. The summed E-state index contributed by atoms with van der Waals surface area (Å²) in [5.74, 6) is 4.35. The van der Waals surface area contributed by atoms with Crippen LogP contribution in [-0.2, 0) is 19.1 Å². The van der Waals surface area contributed by atoms with Crippen molar-refractivity contribution in [1.82, 2.24) is 0 Å². The first-order valence-corrected chi connectivity index (χ1v) is 10.4. The molecule has 0 aromatic carbocycles. The molecule has 0 saturated heterocycles. The van der Waals surface area contributed by atoms with Crippen LogP contribution in [0.15, 0.2) is 12.2 Å². The Hall–Kier alpha value is -1.32. The van der Waals surface area contributed by atoms with Crippen LogP contribution >= 0.6 is 0 Å². The molecular formula is C22H32O4. The molecular weight excluding hydrogens is 328 g/mol. The molecule has 0 N–H and O–H groups in total. The maximum absolute atomic E-state index is 12.4. The third kappa shape index (κ3) is 2.99. The third-order valence-corrected chi connectivity index (χ3v) is 7.31. The molecule has 0 aromatic rings. The number of ether oxygens (including phenoxy) is 2. The molecule has 0 aliphatic heterocycles. The van der Waals surface area contributed by atoms with E-state index in [0.29, 0.717) is 36.5 Å². The molecule has 4 aliphatic rings. The molecule has 144 valence electrons. The molecule has 4 nitrogen and oxygen atoms in total. The standard InChI is InChI=1S/C22H32O4/c1-11(2)25-19(23)9-15-16(10-20(24)26-12(3)4)18-8-17(15)21-13-5-6-14(7-13)22(18)21/h5-6,11-18,21-22H,7-10H2,1-4H3. The lowest BCUT2D eigenvalue weighted by Crippen LogP contribution is -2.39. The summed E-state index contributed by atoms with van der Waals surface area (Å²) in [6, 6.07) is 0. The van der Waals surface area contributed by atoms with E-state index < -0.39 is 0 Å². The highest BCUT2D eigenvalue weighted by atomic mass is 16.5. The maximum atomic E-state index is 12.4. The lowest BCUT2D eigenvalue weighted by atomic mass is 9.63. The van der Waals surface area contributed by atoms with E-state index in [1.807, 2.05) is 27.7 Å². The van der Waals surface area contributed by atoms with Gasteiger partial charge in [-0.05, 0) is 87.9 Å². The molecule has 3 fully saturated rings. The van der Waals surface area contributed by atoms with E-state index in [1.54, 1.807) is 0 Å². The van der Waals surface area contributed by atoms with Crippen molar-refractivity contribution in [3.05, 3.63) is 12.2 Å². The lowest BCUT2D eigenvalue weighted by Gasteiger charge is -2.41. The van der Waals surface area contributed by atoms with E-state index >= 15 is 0 Å². The predicted octanol–water partition coefficient (Wildman–Crippen LogP) is 3.99. The first-order valence-electron chi connectivity index (χ1n) is 10.4. The summed E-state index contributed by atoms with van der Waals surface area (Å²) >= 11 is 0. The van der Waals surface area contributed by atoms with Gasteiger partial charge >= 0.3 is 11.9 Å². The van der Waals surface area contributed by atoms with Gasteiger partial charge in [0.1, 0.15) is 0 Å². The number of esters is 2. The summed E-state index contributed by atoms with van der Waals surface area (Å²) in [4.78, 5) is 24.8. The SMILES string of the molecule is CC(C)OC(=O)CC1C(CC(=O)OC(C)C)C2CC1C1C3C=CC(C3)C21. The van der Waals surface area contributed by atoms with E-state index in [4.69, 9.17) is 9.47 Å². The maximum Gasteiger partial charge on any atom is 0.306 e. The average molecular weight is 360 g/mol. The van der Waals surface area contributed by atoms with Gasteiger partial charge in [0.2, 0.25) is 0 Å². The molecule has 4 aliphatic carbocycles. The Kier molecular flexibility index (Phi) is 4.65. The summed E-state index contributed by atoms with van der Waals surface area (Å²) < 4.78 is 10.9. The molecule has 0 amide bonds. The van der Waals surface area contributed by atoms with Gasteiger partial charge in [-0.25, -0.2) is 0 Å². The molecule has 0 aromatic heterocycles. The fourth-order valence-corrected chi connectivity index (χ4v) is 6.90. The van der Waals surface area contributed by atoms with Crippen molar-refractivity contribution in [1.29, 1.82) is 0 Å². The van der Waals surface area contributed by atoms with Gasteiger partial charge in [0.05, 0.1) is 12.2 Å². The fourth-order valence-electron chi connectivity index (χ4n) is 6.90. The van der Waals surface area contributed by atoms with Crippen molar-refractivity contribution in [2.45, 2.75) is 65.6 Å². The number of carbonyl (C=O) groups excluding carboxylic acids is 2. The van der Waals surface area contributed by atoms with Crippen molar-refractivity contribution in [2.75, 3.05) is 0 Å². The topological polar surface area (TPSA) is 52.6 Å². The quantitative estimate of drug-likeness (QED) is 0.408. The highest BCUT2D eigenvalue weighted by Crippen LogP contribution is 2.69. The second-order valence-electron chi connectivity index (χ2n) is 9.48. The van der Waals surface area contributed by atoms with Crippen LogP contribution in [0.4, 0.5) is 0 Å². The number of hydrogen-bond donors (Lipinski definition) is 0. The largest absolute Gasteiger partial charge is 0.463 e. The molecule has 0 spiro atoms. The van der Waals surface area contributed by atoms with E-state index in [0.717, 1.165) is 11.8 Å². The molecule has 8 atom stereocenters. The van der Waals surface area contributed by atoms with Gasteiger partial charge in [0.15, 0.2) is 0 Å². The minimum Gasteiger partial charge on any atom is -0.463 e. The minimum absolute atomic E-state index is 0.0800. The molecule has 0 radical (unpaired) electrons. The Balaban J connectivity index is 1.52. The zero-order valence-electron chi connectivity index (χ0n) is 16.4. The summed E-state index contributed by atoms with van der Waals surface area (Å²) in [7, 11) is 0. The van der Waals surface area contributed by atoms with Crippen LogP contribution in [0.25, 0.3) is 0 Å². The number of allylic oxidation sites excluding steroid dienone is 2. The highest BCUT2D eigenvalue weighted by Gasteiger charge is 2.64. The van der Waals surface area contributed by atoms with E-state index in [1.165, 1.54) is 12.8 Å². The summed E-state index contributed by atoms with van der Waals surface area (Å²) in [6.07, 6.45) is 8.06. The number of carbonyl (C=O) groups is 2. The van der Waals surface area contributed by atoms with Crippen LogP contribution in [0.3, 0.4) is 0 Å². The molecule has 26 heavy (non-hydrogen) atoms. The van der Waals surface area contributed by atoms with Crippen molar-refractivity contribution in [2.24, 2.45) is 47.3 Å². The number of hydrogen-bond acceptors (Lipinski definition) is 4. The Morgan fingerprint density at radius 1 is 0.808 bits per heavy atom. The lowest BCUT2D eigenvalue weighted by molar-refractivity contribution is -0.154. The van der Waals surface area contributed by atoms with Crippen molar-refractivity contribution in [3.63, 3.8) is 0 Å². The molecule has 4 heteroatoms. The van der Waals surface area contributed by atoms with E-state index in [9.17, 15) is 9.59 Å². The molecule has 3 saturated carbocycles. The van der Waals surface area contributed by atoms with Crippen molar-refractivity contribution in [3.8, 4) is 0 Å². The highest BCUT2D eigenvalue weighted by molar-refractivity contribution is 5.72. The van der Waals surface area contributed by atoms with Crippen molar-refractivity contribution >= 4 is 11.9 Å². The predicted molar refractivity (Wildman–Crippen MR) is 98.0 cm³/mol. The smallest absolute Gasteiger partial charge is 0.306 e. The van der Waals surface area contributed by atoms with Gasteiger partial charge < -0.3 is 9.47 Å². The minimum atomic E-state index is -0.102. The van der Waals surface area contributed by atoms with Gasteiger partial charge in [-0.2, -0.15) is 0 Å². The molecule has 4 bridgehead atoms. The Bertz CT molecular complexity index is 557. The van der Waals surface area contributed by atoms with Gasteiger partial charge in [0.25, 0.3) is 0 Å². The molecule has 8 unspecified atom stereocenters. The first kappa shape index (κ1) is 18.1. The average Bonchev–Trinajstić information content (AvgIpc) is 3.24. The molecule has 0 heterocycles. The summed E-state index contributed by atoms with van der Waals surface area (Å²) in [5.41, 5.74) is 0. The first-order chi connectivity index (χ1) is 12.3. The second-order valence-corrected chi connectivity index (χ2v) is 9.48. The van der Waals surface area contributed by atoms with Crippen molar-refractivity contribution < 1.29 is 19.1 Å². The number of fused-ring (bicyclic) bond motifs is 9. The molecule has 4 rings (SSSR count). The zero-order valence-corrected chi connectivity index (χ0v) is 16.4. The number of rotatable bonds is 6. The zero-order chi connectivity index (χ0) is 18.6. The third-order valence-electron chi connectivity index (χ3n) is 7.31. The van der Waals surface area contributed by atoms with Gasteiger partial charge in [-0.15, -0.1) is 0 Å². The van der Waals surface area contributed by atoms with Crippen LogP contribution < -0.4 is 0 Å². The Morgan fingerprint density at radius 2 is 1.23 bits per heavy atom. The summed E-state index contributed by atoms with van der Waals surface area (Å²) in [6.45, 7) is 7.58. The van der Waals surface area contributed by atoms with Crippen LogP contribution in [0.5, 0.6) is 0 Å². The van der Waals surface area contributed by atoms with Crippen LogP contribution in [0.1, 0.15) is 53.4 Å². The monoisotopic (exact) mass is 360 g/mol. The fraction of sp³-hybridized carbons (Fsp3) is 0.818. The van der Waals surface area contributed by atoms with Crippen LogP contribution in [-0.4, -0.2) is 24.1 Å².